The van der Waals surface area contributed by atoms with Crippen LogP contribution in [0.4, 0.5) is 0 Å². The number of nitrogens with one attached hydrogen (secondary N) is 1. The molecule has 122 valence electrons. The summed E-state index contributed by atoms with van der Waals surface area (Å²) in [6.45, 7) is 15.0. The summed E-state index contributed by atoms with van der Waals surface area (Å²) in [4.78, 5) is 0. The SMILES string of the molecule is CCCCCCCCCCC(CNC(C)(C)C)C(C)C. The molecule has 0 saturated carbocycles. The molecule has 0 aromatic rings. The number of hydrogen-bond acceptors (Lipinski definition) is 1. The molecule has 1 unspecified atom stereocenters. The molecule has 0 fully saturated rings. The van der Waals surface area contributed by atoms with Gasteiger partial charge in [0.25, 0.3) is 0 Å². The molecule has 0 spiro atoms. The van der Waals surface area contributed by atoms with Crippen molar-refractivity contribution in [2.24, 2.45) is 11.8 Å². The molecule has 1 atom stereocenters. The van der Waals surface area contributed by atoms with Gasteiger partial charge in [-0.3, -0.25) is 0 Å². The third-order valence-electron chi connectivity index (χ3n) is 4.27. The molecule has 20 heavy (non-hydrogen) atoms. The van der Waals surface area contributed by atoms with E-state index in [1.165, 1.54) is 64.3 Å². The van der Waals surface area contributed by atoms with Crippen LogP contribution in [0.15, 0.2) is 0 Å². The Hall–Kier alpha value is -0.0400. The highest BCUT2D eigenvalue weighted by Crippen LogP contribution is 2.20. The second kappa shape index (κ2) is 11.6. The van der Waals surface area contributed by atoms with Crippen LogP contribution in [-0.4, -0.2) is 12.1 Å². The maximum absolute atomic E-state index is 3.68. The second-order valence-corrected chi connectivity index (χ2v) is 7.90. The summed E-state index contributed by atoms with van der Waals surface area (Å²) in [6.07, 6.45) is 12.8. The Morgan fingerprint density at radius 3 is 1.75 bits per heavy atom. The molecule has 1 nitrogen and oxygen atoms in total. The first-order valence-electron chi connectivity index (χ1n) is 9.12. The van der Waals surface area contributed by atoms with Crippen molar-refractivity contribution in [1.82, 2.24) is 5.32 Å². The third-order valence-corrected chi connectivity index (χ3v) is 4.27. The molecule has 1 heteroatoms. The maximum Gasteiger partial charge on any atom is 0.00966 e. The summed E-state index contributed by atoms with van der Waals surface area (Å²) in [5.74, 6) is 1.64. The van der Waals surface area contributed by atoms with Crippen LogP contribution >= 0.6 is 0 Å². The average molecular weight is 284 g/mol. The molecule has 0 radical (unpaired) electrons. The van der Waals surface area contributed by atoms with E-state index in [0.29, 0.717) is 0 Å². The Morgan fingerprint density at radius 1 is 0.800 bits per heavy atom. The Kier molecular flexibility index (Phi) is 11.6. The molecule has 0 aliphatic carbocycles. The molecule has 0 aliphatic heterocycles. The van der Waals surface area contributed by atoms with Gasteiger partial charge in [0.1, 0.15) is 0 Å². The lowest BCUT2D eigenvalue weighted by atomic mass is 9.89. The van der Waals surface area contributed by atoms with Gasteiger partial charge in [-0.2, -0.15) is 0 Å². The van der Waals surface area contributed by atoms with Gasteiger partial charge in [-0.25, -0.2) is 0 Å². The summed E-state index contributed by atoms with van der Waals surface area (Å²) in [5.41, 5.74) is 0.256. The van der Waals surface area contributed by atoms with Crippen LogP contribution in [0.1, 0.15) is 99.3 Å². The highest BCUT2D eigenvalue weighted by atomic mass is 14.9. The zero-order chi connectivity index (χ0) is 15.4. The molecule has 0 aromatic carbocycles. The monoisotopic (exact) mass is 283 g/mol. The Morgan fingerprint density at radius 2 is 1.30 bits per heavy atom. The van der Waals surface area contributed by atoms with E-state index < -0.39 is 0 Å². The molecular weight excluding hydrogens is 242 g/mol. The summed E-state index contributed by atoms with van der Waals surface area (Å²) >= 11 is 0. The third kappa shape index (κ3) is 13.0. The summed E-state index contributed by atoms with van der Waals surface area (Å²) in [7, 11) is 0. The van der Waals surface area contributed by atoms with E-state index in [0.717, 1.165) is 11.8 Å². The normalized spacial score (nSPS) is 13.9. The van der Waals surface area contributed by atoms with Crippen LogP contribution in [-0.2, 0) is 0 Å². The van der Waals surface area contributed by atoms with E-state index in [9.17, 15) is 0 Å². The van der Waals surface area contributed by atoms with Crippen LogP contribution in [0, 0.1) is 11.8 Å². The van der Waals surface area contributed by atoms with Crippen molar-refractivity contribution in [3.63, 3.8) is 0 Å². The average Bonchev–Trinajstić information content (AvgIpc) is 2.34. The topological polar surface area (TPSA) is 12.0 Å². The van der Waals surface area contributed by atoms with Crippen molar-refractivity contribution in [3.05, 3.63) is 0 Å². The Labute approximate surface area is 129 Å². The van der Waals surface area contributed by atoms with Gasteiger partial charge < -0.3 is 5.32 Å². The van der Waals surface area contributed by atoms with Gasteiger partial charge >= 0.3 is 0 Å². The van der Waals surface area contributed by atoms with E-state index in [-0.39, 0.29) is 5.54 Å². The summed E-state index contributed by atoms with van der Waals surface area (Å²) in [6, 6.07) is 0. The second-order valence-electron chi connectivity index (χ2n) is 7.90. The minimum Gasteiger partial charge on any atom is -0.312 e. The van der Waals surface area contributed by atoms with Crippen molar-refractivity contribution < 1.29 is 0 Å². The zero-order valence-electron chi connectivity index (χ0n) is 15.2. The molecule has 1 N–H and O–H groups in total. The van der Waals surface area contributed by atoms with E-state index in [1.807, 2.05) is 0 Å². The zero-order valence-corrected chi connectivity index (χ0v) is 15.2. The molecular formula is C19H41N. The van der Waals surface area contributed by atoms with Gasteiger partial charge in [-0.05, 0) is 45.6 Å². The van der Waals surface area contributed by atoms with Gasteiger partial charge in [-0.1, -0.05) is 72.1 Å². The van der Waals surface area contributed by atoms with Crippen molar-refractivity contribution in [2.45, 2.75) is 105 Å². The predicted molar refractivity (Wildman–Crippen MR) is 93.3 cm³/mol. The van der Waals surface area contributed by atoms with E-state index >= 15 is 0 Å². The molecule has 0 bridgehead atoms. The first kappa shape index (κ1) is 20.0. The number of hydrogen-bond donors (Lipinski definition) is 1. The Bertz CT molecular complexity index is 202. The molecule has 0 rings (SSSR count). The van der Waals surface area contributed by atoms with Crippen molar-refractivity contribution >= 4 is 0 Å². The molecule has 0 aromatic heterocycles. The molecule has 0 saturated heterocycles. The van der Waals surface area contributed by atoms with Crippen molar-refractivity contribution in [3.8, 4) is 0 Å². The number of unbranched alkanes of at least 4 members (excludes halogenated alkanes) is 7. The van der Waals surface area contributed by atoms with Crippen LogP contribution in [0.25, 0.3) is 0 Å². The lowest BCUT2D eigenvalue weighted by Gasteiger charge is -2.27. The predicted octanol–water partition coefficient (Wildman–Crippen LogP) is 6.18. The van der Waals surface area contributed by atoms with Gasteiger partial charge in [0.05, 0.1) is 0 Å². The van der Waals surface area contributed by atoms with Gasteiger partial charge in [-0.15, -0.1) is 0 Å². The van der Waals surface area contributed by atoms with Crippen molar-refractivity contribution in [2.75, 3.05) is 6.54 Å². The fourth-order valence-corrected chi connectivity index (χ4v) is 2.65. The highest BCUT2D eigenvalue weighted by Gasteiger charge is 2.16. The maximum atomic E-state index is 3.68. The minimum absolute atomic E-state index is 0.256. The van der Waals surface area contributed by atoms with Crippen LogP contribution < -0.4 is 5.32 Å². The van der Waals surface area contributed by atoms with Crippen LogP contribution in [0.2, 0.25) is 0 Å². The lowest BCUT2D eigenvalue weighted by molar-refractivity contribution is 0.291. The van der Waals surface area contributed by atoms with E-state index in [1.54, 1.807) is 0 Å². The van der Waals surface area contributed by atoms with Crippen LogP contribution in [0.3, 0.4) is 0 Å². The largest absolute Gasteiger partial charge is 0.312 e. The smallest absolute Gasteiger partial charge is 0.00966 e. The Balaban J connectivity index is 3.61. The number of rotatable bonds is 12. The van der Waals surface area contributed by atoms with Crippen LogP contribution in [0.5, 0.6) is 0 Å². The standard InChI is InChI=1S/C19H41N/c1-7-8-9-10-11-12-13-14-15-18(17(2)3)16-20-19(4,5)6/h17-18,20H,7-16H2,1-6H3. The quantitative estimate of drug-likeness (QED) is 0.422. The molecule has 0 aliphatic rings. The lowest BCUT2D eigenvalue weighted by Crippen LogP contribution is -2.40. The fraction of sp³-hybridized carbons (Fsp3) is 1.00. The first-order valence-corrected chi connectivity index (χ1v) is 9.12. The fourth-order valence-electron chi connectivity index (χ4n) is 2.65. The van der Waals surface area contributed by atoms with E-state index in [4.69, 9.17) is 0 Å². The minimum atomic E-state index is 0.256. The first-order chi connectivity index (χ1) is 9.37. The van der Waals surface area contributed by atoms with Gasteiger partial charge in [0, 0.05) is 5.54 Å². The van der Waals surface area contributed by atoms with Gasteiger partial charge in [0.2, 0.25) is 0 Å². The van der Waals surface area contributed by atoms with Gasteiger partial charge in [0.15, 0.2) is 0 Å². The molecule has 0 amide bonds. The molecule has 0 heterocycles. The summed E-state index contributed by atoms with van der Waals surface area (Å²) < 4.78 is 0. The van der Waals surface area contributed by atoms with Crippen molar-refractivity contribution in [1.29, 1.82) is 0 Å². The van der Waals surface area contributed by atoms with E-state index in [2.05, 4.69) is 46.9 Å². The summed E-state index contributed by atoms with van der Waals surface area (Å²) in [5, 5.41) is 3.68. The highest BCUT2D eigenvalue weighted by molar-refractivity contribution is 4.74.